The Labute approximate surface area is 191 Å². The number of carbonyl (C=O) groups excluding carboxylic acids is 4. The fourth-order valence-corrected chi connectivity index (χ4v) is 4.53. The first kappa shape index (κ1) is 22.5. The van der Waals surface area contributed by atoms with Crippen LogP contribution in [0.4, 0.5) is 11.4 Å². The molecular weight excluding hydrogens is 424 g/mol. The van der Waals surface area contributed by atoms with Crippen LogP contribution < -0.4 is 15.0 Å². The van der Waals surface area contributed by atoms with E-state index in [9.17, 15) is 19.2 Å². The van der Waals surface area contributed by atoms with Crippen LogP contribution in [0.3, 0.4) is 0 Å². The van der Waals surface area contributed by atoms with Gasteiger partial charge in [-0.3, -0.25) is 19.3 Å². The zero-order valence-corrected chi connectivity index (χ0v) is 18.6. The monoisotopic (exact) mass is 450 g/mol. The summed E-state index contributed by atoms with van der Waals surface area (Å²) in [6, 6.07) is 13.0. The number of rotatable bonds is 6. The van der Waals surface area contributed by atoms with E-state index in [-0.39, 0.29) is 29.2 Å². The third kappa shape index (κ3) is 4.74. The molecule has 8 nitrogen and oxygen atoms in total. The van der Waals surface area contributed by atoms with E-state index in [0.29, 0.717) is 35.9 Å². The Balaban J connectivity index is 1.40. The SMILES string of the molecule is COc1cccc(NC(=O)COC(=O)c2cccc(N3C(=O)[C@@H]4CC[C@@H](C)C[C@H]4C3=O)c2)c1. The molecule has 8 heteroatoms. The number of hydrogen-bond acceptors (Lipinski definition) is 6. The summed E-state index contributed by atoms with van der Waals surface area (Å²) in [5, 5.41) is 2.63. The van der Waals surface area contributed by atoms with Gasteiger partial charge in [0.15, 0.2) is 6.61 Å². The normalized spacial score (nSPS) is 22.0. The number of esters is 1. The van der Waals surface area contributed by atoms with Crippen molar-refractivity contribution in [3.05, 3.63) is 54.1 Å². The molecule has 1 aliphatic heterocycles. The summed E-state index contributed by atoms with van der Waals surface area (Å²) in [5.74, 6) is -1.23. The van der Waals surface area contributed by atoms with Gasteiger partial charge in [0.25, 0.3) is 5.91 Å². The number of nitrogens with one attached hydrogen (secondary N) is 1. The number of anilines is 2. The highest BCUT2D eigenvalue weighted by atomic mass is 16.5. The lowest BCUT2D eigenvalue weighted by Gasteiger charge is -2.25. The quantitative estimate of drug-likeness (QED) is 0.535. The summed E-state index contributed by atoms with van der Waals surface area (Å²) >= 11 is 0. The molecule has 0 spiro atoms. The van der Waals surface area contributed by atoms with Gasteiger partial charge in [-0.15, -0.1) is 0 Å². The molecule has 0 unspecified atom stereocenters. The van der Waals surface area contributed by atoms with Gasteiger partial charge in [0, 0.05) is 11.8 Å². The van der Waals surface area contributed by atoms with Crippen LogP contribution in [0.5, 0.6) is 5.75 Å². The highest BCUT2D eigenvalue weighted by Crippen LogP contribution is 2.42. The van der Waals surface area contributed by atoms with Crippen molar-refractivity contribution in [2.45, 2.75) is 26.2 Å². The predicted molar refractivity (Wildman–Crippen MR) is 121 cm³/mol. The van der Waals surface area contributed by atoms with Gasteiger partial charge < -0.3 is 14.8 Å². The van der Waals surface area contributed by atoms with Crippen molar-refractivity contribution in [2.75, 3.05) is 23.9 Å². The molecule has 1 N–H and O–H groups in total. The molecular formula is C25H26N2O6. The number of hydrogen-bond donors (Lipinski definition) is 1. The highest BCUT2D eigenvalue weighted by Gasteiger charge is 2.50. The van der Waals surface area contributed by atoms with Gasteiger partial charge in [-0.05, 0) is 55.5 Å². The molecule has 172 valence electrons. The van der Waals surface area contributed by atoms with Gasteiger partial charge in [-0.1, -0.05) is 19.1 Å². The molecule has 2 aromatic carbocycles. The first-order chi connectivity index (χ1) is 15.9. The molecule has 3 amide bonds. The van der Waals surface area contributed by atoms with Crippen LogP contribution in [0.1, 0.15) is 36.5 Å². The van der Waals surface area contributed by atoms with Gasteiger partial charge in [0.05, 0.1) is 30.2 Å². The van der Waals surface area contributed by atoms with Gasteiger partial charge in [-0.25, -0.2) is 4.79 Å². The number of imide groups is 1. The third-order valence-electron chi connectivity index (χ3n) is 6.22. The molecule has 1 saturated heterocycles. The summed E-state index contributed by atoms with van der Waals surface area (Å²) in [6.07, 6.45) is 2.34. The number of methoxy groups -OCH3 is 1. The minimum atomic E-state index is -0.720. The number of fused-ring (bicyclic) bond motifs is 1. The lowest BCUT2D eigenvalue weighted by Crippen LogP contribution is -2.31. The standard InChI is InChI=1S/C25H26N2O6/c1-15-9-10-20-21(11-15)24(30)27(23(20)29)18-7-3-5-16(12-18)25(31)33-14-22(28)26-17-6-4-8-19(13-17)32-2/h3-8,12-13,15,20-21H,9-11,14H2,1-2H3,(H,26,28)/t15-,20-,21-/m1/s1. The average Bonchev–Trinajstić information content (AvgIpc) is 3.06. The van der Waals surface area contributed by atoms with E-state index < -0.39 is 18.5 Å². The minimum absolute atomic E-state index is 0.158. The molecule has 1 heterocycles. The van der Waals surface area contributed by atoms with Gasteiger partial charge in [-0.2, -0.15) is 0 Å². The summed E-state index contributed by atoms with van der Waals surface area (Å²) < 4.78 is 10.2. The topological polar surface area (TPSA) is 102 Å². The second kappa shape index (κ2) is 9.44. The Kier molecular flexibility index (Phi) is 6.44. The number of amides is 3. The number of nitrogens with zero attached hydrogens (tertiary/aromatic N) is 1. The van der Waals surface area contributed by atoms with Crippen molar-refractivity contribution in [1.29, 1.82) is 0 Å². The Bertz CT molecular complexity index is 1100. The van der Waals surface area contributed by atoms with E-state index in [2.05, 4.69) is 12.2 Å². The molecule has 33 heavy (non-hydrogen) atoms. The maximum atomic E-state index is 12.9. The molecule has 2 aromatic rings. The molecule has 1 aliphatic carbocycles. The molecule has 3 atom stereocenters. The van der Waals surface area contributed by atoms with Crippen LogP contribution in [0.2, 0.25) is 0 Å². The van der Waals surface area contributed by atoms with Gasteiger partial charge in [0.2, 0.25) is 11.8 Å². The Morgan fingerprint density at radius 2 is 1.79 bits per heavy atom. The first-order valence-electron chi connectivity index (χ1n) is 11.0. The second-order valence-electron chi connectivity index (χ2n) is 8.55. The van der Waals surface area contributed by atoms with E-state index in [1.807, 2.05) is 0 Å². The van der Waals surface area contributed by atoms with E-state index >= 15 is 0 Å². The van der Waals surface area contributed by atoms with Gasteiger partial charge >= 0.3 is 5.97 Å². The largest absolute Gasteiger partial charge is 0.497 e. The number of ether oxygens (including phenoxy) is 2. The highest BCUT2D eigenvalue weighted by molar-refractivity contribution is 6.22. The molecule has 2 fully saturated rings. The van der Waals surface area contributed by atoms with E-state index in [0.717, 1.165) is 6.42 Å². The molecule has 0 bridgehead atoms. The summed E-state index contributed by atoms with van der Waals surface area (Å²) in [4.78, 5) is 51.7. The molecule has 0 aromatic heterocycles. The minimum Gasteiger partial charge on any atom is -0.497 e. The van der Waals surface area contributed by atoms with E-state index in [1.165, 1.54) is 24.1 Å². The van der Waals surface area contributed by atoms with E-state index in [1.54, 1.807) is 36.4 Å². The molecule has 1 saturated carbocycles. The lowest BCUT2D eigenvalue weighted by atomic mass is 9.76. The van der Waals surface area contributed by atoms with Crippen LogP contribution in [-0.2, 0) is 19.1 Å². The lowest BCUT2D eigenvalue weighted by molar-refractivity contribution is -0.122. The van der Waals surface area contributed by atoms with Crippen molar-refractivity contribution in [1.82, 2.24) is 0 Å². The van der Waals surface area contributed by atoms with Crippen LogP contribution in [-0.4, -0.2) is 37.4 Å². The van der Waals surface area contributed by atoms with Crippen molar-refractivity contribution in [3.63, 3.8) is 0 Å². The summed E-state index contributed by atoms with van der Waals surface area (Å²) in [6.45, 7) is 1.61. The van der Waals surface area contributed by atoms with Crippen molar-refractivity contribution in [2.24, 2.45) is 17.8 Å². The average molecular weight is 450 g/mol. The smallest absolute Gasteiger partial charge is 0.338 e. The summed E-state index contributed by atoms with van der Waals surface area (Å²) in [7, 11) is 1.52. The molecule has 4 rings (SSSR count). The second-order valence-corrected chi connectivity index (χ2v) is 8.55. The summed E-state index contributed by atoms with van der Waals surface area (Å²) in [5.41, 5.74) is 1.02. The predicted octanol–water partition coefficient (Wildman–Crippen LogP) is 3.42. The first-order valence-corrected chi connectivity index (χ1v) is 11.0. The molecule has 0 radical (unpaired) electrons. The Morgan fingerprint density at radius 3 is 2.58 bits per heavy atom. The zero-order valence-electron chi connectivity index (χ0n) is 18.6. The maximum absolute atomic E-state index is 12.9. The number of benzene rings is 2. The third-order valence-corrected chi connectivity index (χ3v) is 6.22. The van der Waals surface area contributed by atoms with Crippen LogP contribution in [0.25, 0.3) is 0 Å². The molecule has 2 aliphatic rings. The fraction of sp³-hybridized carbons (Fsp3) is 0.360. The van der Waals surface area contributed by atoms with Crippen molar-refractivity contribution in [3.8, 4) is 5.75 Å². The fourth-order valence-electron chi connectivity index (χ4n) is 4.53. The van der Waals surface area contributed by atoms with Crippen molar-refractivity contribution >= 4 is 35.1 Å². The van der Waals surface area contributed by atoms with Gasteiger partial charge in [0.1, 0.15) is 5.75 Å². The van der Waals surface area contributed by atoms with E-state index in [4.69, 9.17) is 9.47 Å². The zero-order chi connectivity index (χ0) is 23.5. The van der Waals surface area contributed by atoms with Crippen LogP contribution in [0.15, 0.2) is 48.5 Å². The van der Waals surface area contributed by atoms with Crippen LogP contribution in [0, 0.1) is 17.8 Å². The number of carbonyl (C=O) groups is 4. The van der Waals surface area contributed by atoms with Crippen LogP contribution >= 0.6 is 0 Å². The maximum Gasteiger partial charge on any atom is 0.338 e. The van der Waals surface area contributed by atoms with Crippen molar-refractivity contribution < 1.29 is 28.7 Å². The Hall–Kier alpha value is -3.68. The Morgan fingerprint density at radius 1 is 1.03 bits per heavy atom.